The van der Waals surface area contributed by atoms with Crippen molar-refractivity contribution in [1.82, 2.24) is 10.6 Å². The number of methoxy groups -OCH3 is 1. The van der Waals surface area contributed by atoms with Gasteiger partial charge in [-0.2, -0.15) is 11.3 Å². The van der Waals surface area contributed by atoms with Gasteiger partial charge < -0.3 is 20.5 Å². The van der Waals surface area contributed by atoms with E-state index in [2.05, 4.69) is 10.6 Å². The van der Waals surface area contributed by atoms with Crippen molar-refractivity contribution in [2.24, 2.45) is 0 Å². The number of thiophene rings is 1. The number of rotatable bonds is 6. The number of para-hydroxylation sites is 1. The molecule has 0 fully saturated rings. The molecule has 2 aromatic rings. The largest absolute Gasteiger partial charge is 0.496 e. The van der Waals surface area contributed by atoms with E-state index in [1.807, 2.05) is 17.5 Å². The van der Waals surface area contributed by atoms with Gasteiger partial charge in [-0.1, -0.05) is 18.2 Å². The fourth-order valence-corrected chi connectivity index (χ4v) is 2.66. The van der Waals surface area contributed by atoms with Gasteiger partial charge >= 0.3 is 11.8 Å². The van der Waals surface area contributed by atoms with Gasteiger partial charge in [0.2, 0.25) is 0 Å². The molecule has 0 saturated heterocycles. The smallest absolute Gasteiger partial charge is 0.309 e. The van der Waals surface area contributed by atoms with Crippen LogP contribution in [-0.4, -0.2) is 30.6 Å². The van der Waals surface area contributed by atoms with Crippen molar-refractivity contribution < 1.29 is 19.4 Å². The number of carbonyl (C=O) groups excluding carboxylic acids is 2. The number of hydrogen-bond donors (Lipinski definition) is 3. The third-order valence-corrected chi connectivity index (χ3v) is 3.92. The summed E-state index contributed by atoms with van der Waals surface area (Å²) in [6, 6.07) is 8.99. The molecule has 23 heavy (non-hydrogen) atoms. The quantitative estimate of drug-likeness (QED) is 0.693. The van der Waals surface area contributed by atoms with Crippen molar-refractivity contribution in [3.05, 3.63) is 52.2 Å². The fraction of sp³-hybridized carbons (Fsp3) is 0.250. The number of aliphatic hydroxyl groups is 1. The van der Waals surface area contributed by atoms with E-state index < -0.39 is 17.9 Å². The first-order valence-electron chi connectivity index (χ1n) is 7.00. The summed E-state index contributed by atoms with van der Waals surface area (Å²) in [6.07, 6.45) is -0.827. The maximum atomic E-state index is 11.8. The highest BCUT2D eigenvalue weighted by atomic mass is 32.1. The van der Waals surface area contributed by atoms with Gasteiger partial charge in [0, 0.05) is 18.7 Å². The summed E-state index contributed by atoms with van der Waals surface area (Å²) in [6.45, 7) is 0.168. The lowest BCUT2D eigenvalue weighted by Crippen LogP contribution is -2.41. The molecule has 6 nitrogen and oxygen atoms in total. The van der Waals surface area contributed by atoms with Gasteiger partial charge in [0.05, 0.1) is 13.2 Å². The lowest BCUT2D eigenvalue weighted by Gasteiger charge is -2.11. The van der Waals surface area contributed by atoms with Crippen LogP contribution < -0.4 is 15.4 Å². The molecular weight excluding hydrogens is 316 g/mol. The van der Waals surface area contributed by atoms with Crippen LogP contribution in [0.1, 0.15) is 17.2 Å². The van der Waals surface area contributed by atoms with Gasteiger partial charge in [-0.25, -0.2) is 0 Å². The second-order valence-electron chi connectivity index (χ2n) is 4.78. The van der Waals surface area contributed by atoms with E-state index in [0.717, 1.165) is 5.56 Å². The van der Waals surface area contributed by atoms with Gasteiger partial charge in [0.25, 0.3) is 0 Å². The minimum absolute atomic E-state index is 0.0162. The predicted molar refractivity (Wildman–Crippen MR) is 87.1 cm³/mol. The Kier molecular flexibility index (Phi) is 6.13. The minimum Gasteiger partial charge on any atom is -0.496 e. The van der Waals surface area contributed by atoms with Gasteiger partial charge in [0.15, 0.2) is 0 Å². The maximum Gasteiger partial charge on any atom is 0.309 e. The lowest BCUT2D eigenvalue weighted by molar-refractivity contribution is -0.139. The van der Waals surface area contributed by atoms with Crippen LogP contribution in [0.25, 0.3) is 0 Å². The van der Waals surface area contributed by atoms with E-state index in [1.165, 1.54) is 11.3 Å². The molecule has 0 spiro atoms. The molecular formula is C16H18N2O4S. The standard InChI is InChI=1S/C16H18N2O4S/c1-22-14-5-3-2-4-11(14)8-17-15(20)16(21)18-9-13(19)12-6-7-23-10-12/h2-7,10,13,19H,8-9H2,1H3,(H,17,20)(H,18,21)/t13-/m0/s1. The molecule has 2 amide bonds. The third-order valence-electron chi connectivity index (χ3n) is 3.22. The van der Waals surface area contributed by atoms with Crippen molar-refractivity contribution in [3.63, 3.8) is 0 Å². The summed E-state index contributed by atoms with van der Waals surface area (Å²) in [7, 11) is 1.54. The Labute approximate surface area is 138 Å². The zero-order valence-electron chi connectivity index (χ0n) is 12.6. The monoisotopic (exact) mass is 334 g/mol. The average Bonchev–Trinajstić information content (AvgIpc) is 3.12. The molecule has 0 aliphatic carbocycles. The molecule has 0 bridgehead atoms. The summed E-state index contributed by atoms with van der Waals surface area (Å²) >= 11 is 1.45. The third kappa shape index (κ3) is 4.80. The van der Waals surface area contributed by atoms with Crippen LogP contribution in [0.5, 0.6) is 5.75 Å². The van der Waals surface area contributed by atoms with Crippen LogP contribution in [0.4, 0.5) is 0 Å². The number of benzene rings is 1. The van der Waals surface area contributed by atoms with Gasteiger partial charge in [0.1, 0.15) is 5.75 Å². The summed E-state index contributed by atoms with van der Waals surface area (Å²) in [5.74, 6) is -0.899. The molecule has 0 unspecified atom stereocenters. The maximum absolute atomic E-state index is 11.8. The molecule has 1 atom stereocenters. The molecule has 2 rings (SSSR count). The first-order valence-corrected chi connectivity index (χ1v) is 7.94. The topological polar surface area (TPSA) is 87.7 Å². The second kappa shape index (κ2) is 8.30. The molecule has 122 valence electrons. The highest BCUT2D eigenvalue weighted by Gasteiger charge is 2.16. The van der Waals surface area contributed by atoms with Gasteiger partial charge in [-0.3, -0.25) is 9.59 Å². The molecule has 0 aliphatic heterocycles. The summed E-state index contributed by atoms with van der Waals surface area (Å²) in [5, 5.41) is 18.4. The lowest BCUT2D eigenvalue weighted by atomic mass is 10.2. The highest BCUT2D eigenvalue weighted by molar-refractivity contribution is 7.07. The van der Waals surface area contributed by atoms with Crippen LogP contribution in [0, 0.1) is 0 Å². The van der Waals surface area contributed by atoms with E-state index >= 15 is 0 Å². The number of hydrogen-bond acceptors (Lipinski definition) is 5. The van der Waals surface area contributed by atoms with Crippen LogP contribution >= 0.6 is 11.3 Å². The van der Waals surface area contributed by atoms with Crippen LogP contribution in [0.15, 0.2) is 41.1 Å². The SMILES string of the molecule is COc1ccccc1CNC(=O)C(=O)NC[C@H](O)c1ccsc1. The number of nitrogens with one attached hydrogen (secondary N) is 2. The number of amides is 2. The van der Waals surface area contributed by atoms with Crippen LogP contribution in [0.2, 0.25) is 0 Å². The Hall–Kier alpha value is -2.38. The molecule has 1 heterocycles. The van der Waals surface area contributed by atoms with Crippen molar-refractivity contribution in [2.75, 3.05) is 13.7 Å². The number of aliphatic hydroxyl groups excluding tert-OH is 1. The summed E-state index contributed by atoms with van der Waals surface area (Å²) in [4.78, 5) is 23.5. The van der Waals surface area contributed by atoms with Gasteiger partial charge in [-0.15, -0.1) is 0 Å². The minimum atomic E-state index is -0.827. The van der Waals surface area contributed by atoms with Crippen molar-refractivity contribution >= 4 is 23.2 Å². The van der Waals surface area contributed by atoms with Crippen LogP contribution in [0.3, 0.4) is 0 Å². The summed E-state index contributed by atoms with van der Waals surface area (Å²) < 4.78 is 5.17. The van der Waals surface area contributed by atoms with Crippen molar-refractivity contribution in [2.45, 2.75) is 12.6 Å². The normalized spacial score (nSPS) is 11.6. The zero-order chi connectivity index (χ0) is 16.7. The van der Waals surface area contributed by atoms with Crippen molar-refractivity contribution in [1.29, 1.82) is 0 Å². The van der Waals surface area contributed by atoms with Gasteiger partial charge in [-0.05, 0) is 28.5 Å². The Morgan fingerprint density at radius 2 is 1.96 bits per heavy atom. The number of carbonyl (C=O) groups is 2. The van der Waals surface area contributed by atoms with Crippen LogP contribution in [-0.2, 0) is 16.1 Å². The Morgan fingerprint density at radius 1 is 1.22 bits per heavy atom. The number of ether oxygens (including phenoxy) is 1. The zero-order valence-corrected chi connectivity index (χ0v) is 13.4. The van der Waals surface area contributed by atoms with Crippen molar-refractivity contribution in [3.8, 4) is 5.75 Å². The fourth-order valence-electron chi connectivity index (χ4n) is 1.96. The molecule has 0 radical (unpaired) electrons. The molecule has 1 aromatic heterocycles. The van der Waals surface area contributed by atoms with E-state index in [0.29, 0.717) is 11.3 Å². The molecule has 3 N–H and O–H groups in total. The molecule has 1 aromatic carbocycles. The Morgan fingerprint density at radius 3 is 2.65 bits per heavy atom. The second-order valence-corrected chi connectivity index (χ2v) is 5.56. The first kappa shape index (κ1) is 17.0. The predicted octanol–water partition coefficient (Wildman–Crippen LogP) is 1.22. The molecule has 0 saturated carbocycles. The average molecular weight is 334 g/mol. The highest BCUT2D eigenvalue weighted by Crippen LogP contribution is 2.17. The van der Waals surface area contributed by atoms with E-state index in [1.54, 1.807) is 30.7 Å². The van der Waals surface area contributed by atoms with E-state index in [-0.39, 0.29) is 13.1 Å². The van der Waals surface area contributed by atoms with E-state index in [9.17, 15) is 14.7 Å². The first-order chi connectivity index (χ1) is 11.1. The summed E-state index contributed by atoms with van der Waals surface area (Å²) in [5.41, 5.74) is 1.49. The Bertz CT molecular complexity index is 658. The Balaban J connectivity index is 1.80. The molecule has 0 aliphatic rings. The van der Waals surface area contributed by atoms with E-state index in [4.69, 9.17) is 4.74 Å². The molecule has 7 heteroatoms.